The number of benzene rings is 7. The van der Waals surface area contributed by atoms with Crippen LogP contribution in [-0.4, -0.2) is 168 Å². The average molecular weight is 1580 g/mol. The molecule has 0 spiro atoms. The fraction of sp³-hybridized carbons (Fsp3) is 0.111. The van der Waals surface area contributed by atoms with Crippen molar-refractivity contribution in [3.05, 3.63) is 281 Å². The van der Waals surface area contributed by atoms with Crippen molar-refractivity contribution in [3.8, 4) is 44.9 Å². The molecule has 31 heteroatoms. The van der Waals surface area contributed by atoms with Crippen LogP contribution in [0.4, 0.5) is 5.69 Å². The Morgan fingerprint density at radius 1 is 0.384 bits per heavy atom. The summed E-state index contributed by atoms with van der Waals surface area (Å²) in [7, 11) is -8.56. The monoisotopic (exact) mass is 1580 g/mol. The Balaban J connectivity index is 0.000000139. The molecule has 1 amide bonds. The first-order valence-corrected chi connectivity index (χ1v) is 40.0. The van der Waals surface area contributed by atoms with E-state index >= 15 is 0 Å². The molecule has 27 nitrogen and oxygen atoms in total. The van der Waals surface area contributed by atoms with E-state index in [2.05, 4.69) is 20.6 Å². The van der Waals surface area contributed by atoms with Crippen LogP contribution in [-0.2, 0) is 70.6 Å². The van der Waals surface area contributed by atoms with Crippen LogP contribution in [0.1, 0.15) is 82.3 Å². The normalized spacial score (nSPS) is 13.7. The molecule has 0 saturated carbocycles. The van der Waals surface area contributed by atoms with E-state index in [1.54, 1.807) is 159 Å². The second kappa shape index (κ2) is 31.9. The average Bonchev–Trinajstić information content (AvgIpc) is 1.61. The molecule has 0 aliphatic heterocycles. The zero-order valence-corrected chi connectivity index (χ0v) is 63.7. The predicted molar refractivity (Wildman–Crippen MR) is 418 cm³/mol. The van der Waals surface area contributed by atoms with Gasteiger partial charge in [-0.2, -0.15) is 44.4 Å². The molecule has 0 atom stereocenters. The molecule has 4 heterocycles. The summed E-state index contributed by atoms with van der Waals surface area (Å²) in [5, 5.41) is 15.2. The fourth-order valence-electron chi connectivity index (χ4n) is 12.1. The third kappa shape index (κ3) is 15.9. The van der Waals surface area contributed by atoms with Gasteiger partial charge in [0.1, 0.15) is 17.1 Å². The lowest BCUT2D eigenvalue weighted by molar-refractivity contribution is -0.114. The zero-order chi connectivity index (χ0) is 80.3. The molecule has 11 aromatic rings. The van der Waals surface area contributed by atoms with Gasteiger partial charge in [0, 0.05) is 54.2 Å². The number of carbonyl (C=O) groups is 9. The minimum atomic E-state index is -4.18. The van der Waals surface area contributed by atoms with E-state index in [0.717, 1.165) is 51.7 Å². The Morgan fingerprint density at radius 3 is 1.11 bits per heavy atom. The summed E-state index contributed by atoms with van der Waals surface area (Å²) >= 11 is 0. The number of carbonyl (C=O) groups excluding carboxylic acids is 9. The number of nitrogens with one attached hydrogen (secondary N) is 1. The van der Waals surface area contributed by atoms with Gasteiger partial charge in [-0.15, -0.1) is 0 Å². The van der Waals surface area contributed by atoms with Gasteiger partial charge in [0.2, 0.25) is 52.2 Å². The van der Waals surface area contributed by atoms with E-state index < -0.39 is 86.4 Å². The molecule has 0 unspecified atom stereocenters. The molecule has 15 rings (SSSR count). The number of hydrogen-bond acceptors (Lipinski definition) is 22. The van der Waals surface area contributed by atoms with Gasteiger partial charge in [-0.25, -0.2) is 20.8 Å². The van der Waals surface area contributed by atoms with Crippen molar-refractivity contribution < 1.29 is 76.8 Å². The second-order valence-corrected chi connectivity index (χ2v) is 33.3. The summed E-state index contributed by atoms with van der Waals surface area (Å²) in [6.45, 7) is 4.20. The molecule has 7 aromatic carbocycles. The predicted octanol–water partition coefficient (Wildman–Crippen LogP) is 9.70. The highest BCUT2D eigenvalue weighted by Crippen LogP contribution is 2.38. The van der Waals surface area contributed by atoms with E-state index in [-0.39, 0.29) is 88.5 Å². The van der Waals surface area contributed by atoms with E-state index in [1.165, 1.54) is 86.0 Å². The van der Waals surface area contributed by atoms with Crippen molar-refractivity contribution in [2.45, 2.75) is 35.1 Å². The van der Waals surface area contributed by atoms with E-state index in [0.29, 0.717) is 46.6 Å². The maximum absolute atomic E-state index is 13.3. The highest BCUT2D eigenvalue weighted by atomic mass is 32.2. The van der Waals surface area contributed by atoms with Crippen molar-refractivity contribution in [2.75, 3.05) is 45.8 Å². The number of anilines is 1. The van der Waals surface area contributed by atoms with E-state index in [9.17, 15) is 76.8 Å². The van der Waals surface area contributed by atoms with Gasteiger partial charge in [0.05, 0.1) is 65.5 Å². The van der Waals surface area contributed by atoms with Crippen LogP contribution in [0.5, 0.6) is 0 Å². The first-order chi connectivity index (χ1) is 53.3. The molecule has 0 bridgehead atoms. The molecular formula is C81H66N10O17S4. The number of hydrogen-bond donors (Lipinski definition) is 1. The SMILES string of the molecule is CC(=O)Nc1ccc(S(=O)(=O)n2nc(-c3ccccc3)c3c2C=CC(=O)C3=O)cc1.CN(C)CCS(=O)(=O)n1nc(-c2ccccc2)c2c1C=CC(=O)C2=O.CN(C)Cc1ccc(S(=O)(=O)n2nc(-c3ccccc3)c3c2C=CC(=O)C3=O)cc1.Cc1ccc(S(=O)(=O)n2cc(-c3ccccc3)c3c2C=CC(=O)C3=O)cc1. The lowest BCUT2D eigenvalue weighted by Gasteiger charge is -2.12. The standard InChI is InChI=1S/C22H19N3O4S.C21H15N3O5S.C21H15NO4S.C17H17N3O4S/c1-24(2)14-15-8-10-17(11-9-15)30(28,29)25-18-12-13-19(26)22(27)20(18)21(23-25)16-6-4-3-5-7-16;1-13(25)22-15-7-9-16(10-8-15)30(28,29)24-17-11-12-18(26)21(27)19(17)20(23-24)14-5-3-2-4-6-14;1-14-7-9-16(10-8-14)27(25,26)22-13-17(15-5-3-2-4-6-15)20-18(22)11-12-19(23)21(20)24;1-19(2)10-11-25(23,24)20-13-8-9-14(21)17(22)15(13)16(18-20)12-6-4-3-5-7-12/h3-13H,14H2,1-2H3;2-12H,1H3,(H,22,25);2-13H,1H3;3-9H,10-11H2,1-2H3. The lowest BCUT2D eigenvalue weighted by atomic mass is 9.94. The van der Waals surface area contributed by atoms with Gasteiger partial charge < -0.3 is 15.1 Å². The third-order valence-corrected chi connectivity index (χ3v) is 24.0. The Morgan fingerprint density at radius 2 is 0.723 bits per heavy atom. The molecule has 0 fully saturated rings. The van der Waals surface area contributed by atoms with Crippen LogP contribution in [0.2, 0.25) is 0 Å². The van der Waals surface area contributed by atoms with Gasteiger partial charge in [-0.1, -0.05) is 151 Å². The minimum absolute atomic E-state index is 0.00139. The highest BCUT2D eigenvalue weighted by molar-refractivity contribution is 7.90. The largest absolute Gasteiger partial charge is 0.326 e. The van der Waals surface area contributed by atoms with Gasteiger partial charge in [0.25, 0.3) is 40.1 Å². The van der Waals surface area contributed by atoms with Crippen LogP contribution < -0.4 is 5.32 Å². The quantitative estimate of drug-likeness (QED) is 0.0828. The van der Waals surface area contributed by atoms with Gasteiger partial charge in [0.15, 0.2) is 0 Å². The number of aryl methyl sites for hydroxylation is 1. The van der Waals surface area contributed by atoms with Gasteiger partial charge >= 0.3 is 0 Å². The maximum atomic E-state index is 13.3. The summed E-state index contributed by atoms with van der Waals surface area (Å²) in [6, 6.07) is 53.6. The van der Waals surface area contributed by atoms with Crippen molar-refractivity contribution in [2.24, 2.45) is 0 Å². The first-order valence-electron chi connectivity index (χ1n) is 34.0. The number of ketones is 8. The van der Waals surface area contributed by atoms with Crippen molar-refractivity contribution >= 4 is 122 Å². The Hall–Kier alpha value is -13.0. The molecule has 4 aromatic heterocycles. The number of allylic oxidation sites excluding steroid dienone is 4. The zero-order valence-electron chi connectivity index (χ0n) is 60.4. The van der Waals surface area contributed by atoms with Crippen LogP contribution in [0.25, 0.3) is 69.2 Å². The van der Waals surface area contributed by atoms with Crippen LogP contribution >= 0.6 is 0 Å². The van der Waals surface area contributed by atoms with Crippen molar-refractivity contribution in [1.29, 1.82) is 0 Å². The number of aromatic nitrogens is 7. The molecule has 4 aliphatic rings. The van der Waals surface area contributed by atoms with Crippen LogP contribution in [0, 0.1) is 6.92 Å². The molecule has 0 radical (unpaired) electrons. The van der Waals surface area contributed by atoms with Gasteiger partial charge in [-0.05, 0) is 143 Å². The second-order valence-electron chi connectivity index (χ2n) is 26.1. The Bertz CT molecular complexity index is 6300. The molecule has 1 N–H and O–H groups in total. The topological polar surface area (TPSA) is 367 Å². The maximum Gasteiger partial charge on any atom is 0.283 e. The third-order valence-electron chi connectivity index (χ3n) is 17.6. The number of nitrogens with zero attached hydrogens (tertiary/aromatic N) is 9. The first kappa shape index (κ1) is 78.5. The summed E-state index contributed by atoms with van der Waals surface area (Å²) in [5.74, 6) is -6.26. The molecule has 4 aliphatic carbocycles. The number of Topliss-reactive ketones (excluding diaryl/α,β-unsaturated/α-hetero) is 4. The Labute approximate surface area is 643 Å². The minimum Gasteiger partial charge on any atom is -0.326 e. The summed E-state index contributed by atoms with van der Waals surface area (Å²) in [5.41, 5.74) is 6.09. The molecule has 566 valence electrons. The highest BCUT2D eigenvalue weighted by Gasteiger charge is 2.39. The summed E-state index contributed by atoms with van der Waals surface area (Å²) < 4.78 is 108. The molecule has 112 heavy (non-hydrogen) atoms. The number of fused-ring (bicyclic) bond motifs is 4. The smallest absolute Gasteiger partial charge is 0.283 e. The van der Waals surface area contributed by atoms with E-state index in [4.69, 9.17) is 0 Å². The van der Waals surface area contributed by atoms with E-state index in [1.807, 2.05) is 32.0 Å². The lowest BCUT2D eigenvalue weighted by Crippen LogP contribution is -2.28. The van der Waals surface area contributed by atoms with Crippen molar-refractivity contribution in [3.63, 3.8) is 0 Å². The van der Waals surface area contributed by atoms with Crippen LogP contribution in [0.3, 0.4) is 0 Å². The van der Waals surface area contributed by atoms with Crippen LogP contribution in [0.15, 0.2) is 239 Å². The molecule has 0 saturated heterocycles. The Kier molecular flexibility index (Phi) is 22.4. The summed E-state index contributed by atoms with van der Waals surface area (Å²) in [6.07, 6.45) is 11.1. The van der Waals surface area contributed by atoms with Crippen molar-refractivity contribution in [1.82, 2.24) is 41.3 Å². The number of amides is 1. The fourth-order valence-corrected chi connectivity index (χ4v) is 17.5. The summed E-state index contributed by atoms with van der Waals surface area (Å²) in [4.78, 5) is 113. The number of rotatable bonds is 17. The molecular weight excluding hydrogens is 1510 g/mol. The van der Waals surface area contributed by atoms with Gasteiger partial charge in [-0.3, -0.25) is 43.2 Å².